The molecule has 0 fully saturated rings. The first-order chi connectivity index (χ1) is 18.4. The summed E-state index contributed by atoms with van der Waals surface area (Å²) in [5.41, 5.74) is 2.68. The van der Waals surface area contributed by atoms with Crippen molar-refractivity contribution in [2.75, 3.05) is 19.5 Å². The topological polar surface area (TPSA) is 90.6 Å². The smallest absolute Gasteiger partial charge is 0.229 e. The minimum absolute atomic E-state index is 0.0161. The Labute approximate surface area is 226 Å². The van der Waals surface area contributed by atoms with Crippen LogP contribution in [0.4, 0.5) is 16.0 Å². The van der Waals surface area contributed by atoms with Gasteiger partial charge in [0.1, 0.15) is 23.0 Å². The van der Waals surface area contributed by atoms with E-state index in [0.29, 0.717) is 54.9 Å². The molecular weight excluding hydrogens is 532 g/mol. The number of anilines is 2. The first-order valence-electron chi connectivity index (χ1n) is 11.3. The number of rotatable bonds is 8. The second-order valence-electron chi connectivity index (χ2n) is 8.18. The summed E-state index contributed by atoms with van der Waals surface area (Å²) in [7, 11) is 3.00. The van der Waals surface area contributed by atoms with E-state index >= 15 is 0 Å². The molecule has 3 aromatic heterocycles. The van der Waals surface area contributed by atoms with Crippen LogP contribution in [0.2, 0.25) is 10.0 Å². The van der Waals surface area contributed by atoms with E-state index in [1.165, 1.54) is 32.4 Å². The first kappa shape index (κ1) is 25.4. The quantitative estimate of drug-likeness (QED) is 0.221. The third-order valence-electron chi connectivity index (χ3n) is 5.98. The average Bonchev–Trinajstić information content (AvgIpc) is 3.41. The summed E-state index contributed by atoms with van der Waals surface area (Å²) in [6.07, 6.45) is 6.11. The van der Waals surface area contributed by atoms with Gasteiger partial charge < -0.3 is 14.8 Å². The lowest BCUT2D eigenvalue weighted by atomic mass is 10.0. The molecule has 0 radical (unpaired) electrons. The van der Waals surface area contributed by atoms with E-state index < -0.39 is 5.82 Å². The molecule has 0 amide bonds. The molecule has 11 heteroatoms. The minimum Gasteiger partial charge on any atom is -0.495 e. The molecule has 0 bridgehead atoms. The van der Waals surface area contributed by atoms with Crippen LogP contribution >= 0.6 is 23.2 Å². The fraction of sp³-hybridized carbons (Fsp3) is 0.111. The monoisotopic (exact) mass is 551 g/mol. The van der Waals surface area contributed by atoms with E-state index in [1.54, 1.807) is 35.1 Å². The standard InChI is InChI=1S/C27H20Cl2FN5O3/c1-4-16(36)10-14-6-5-7-18(30)24(14)33-27-32-13-15-11-17(26-31-8-9-35(26)25(15)34-27)21-22(28)19(37-2)12-20(38-3)23(21)29/h4-9,11-13H,1,10H2,2-3H3,(H,32,33,34). The molecule has 0 aliphatic rings. The van der Waals surface area contributed by atoms with Gasteiger partial charge in [0.05, 0.1) is 30.0 Å². The van der Waals surface area contributed by atoms with Crippen LogP contribution in [0, 0.1) is 5.82 Å². The summed E-state index contributed by atoms with van der Waals surface area (Å²) in [6, 6.07) is 7.91. The fourth-order valence-corrected chi connectivity index (χ4v) is 4.87. The van der Waals surface area contributed by atoms with Crippen LogP contribution in [0.15, 0.2) is 61.6 Å². The summed E-state index contributed by atoms with van der Waals surface area (Å²) >= 11 is 13.4. The average molecular weight is 552 g/mol. The molecule has 0 spiro atoms. The Morgan fingerprint density at radius 3 is 2.55 bits per heavy atom. The number of hydrogen-bond donors (Lipinski definition) is 1. The van der Waals surface area contributed by atoms with Crippen molar-refractivity contribution >= 4 is 57.3 Å². The van der Waals surface area contributed by atoms with Crippen molar-refractivity contribution in [3.05, 3.63) is 83.0 Å². The molecule has 192 valence electrons. The molecule has 2 aromatic carbocycles. The Morgan fingerprint density at radius 2 is 1.87 bits per heavy atom. The van der Waals surface area contributed by atoms with Crippen LogP contribution in [-0.4, -0.2) is 39.4 Å². The number of ketones is 1. The summed E-state index contributed by atoms with van der Waals surface area (Å²) < 4.78 is 27.3. The highest BCUT2D eigenvalue weighted by molar-refractivity contribution is 6.41. The van der Waals surface area contributed by atoms with E-state index in [0.717, 1.165) is 0 Å². The van der Waals surface area contributed by atoms with E-state index in [-0.39, 0.29) is 23.8 Å². The maximum absolute atomic E-state index is 14.7. The molecule has 8 nitrogen and oxygen atoms in total. The van der Waals surface area contributed by atoms with Gasteiger partial charge in [-0.25, -0.2) is 14.4 Å². The number of para-hydroxylation sites is 1. The third kappa shape index (κ3) is 4.40. The number of pyridine rings is 1. The number of hydrogen-bond acceptors (Lipinski definition) is 7. The fourth-order valence-electron chi connectivity index (χ4n) is 4.16. The minimum atomic E-state index is -0.539. The molecule has 3 heterocycles. The van der Waals surface area contributed by atoms with Gasteiger partial charge in [-0.3, -0.25) is 9.20 Å². The molecule has 1 N–H and O–H groups in total. The molecule has 0 saturated carbocycles. The molecule has 5 aromatic rings. The number of ether oxygens (including phenoxy) is 2. The van der Waals surface area contributed by atoms with Gasteiger partial charge in [-0.2, -0.15) is 4.98 Å². The van der Waals surface area contributed by atoms with Crippen molar-refractivity contribution in [1.82, 2.24) is 19.4 Å². The van der Waals surface area contributed by atoms with Crippen LogP contribution in [0.25, 0.3) is 27.8 Å². The van der Waals surface area contributed by atoms with Gasteiger partial charge in [-0.05, 0) is 23.8 Å². The van der Waals surface area contributed by atoms with Gasteiger partial charge in [0.2, 0.25) is 5.95 Å². The SMILES string of the molecule is C=CC(=O)Cc1cccc(F)c1Nc1ncc2cc(-c3c(Cl)c(OC)cc(OC)c3Cl)c3nccn3c2n1. The van der Waals surface area contributed by atoms with Gasteiger partial charge >= 0.3 is 0 Å². The van der Waals surface area contributed by atoms with E-state index in [2.05, 4.69) is 26.8 Å². The molecule has 38 heavy (non-hydrogen) atoms. The van der Waals surface area contributed by atoms with Gasteiger partial charge in [0.15, 0.2) is 11.4 Å². The Bertz CT molecular complexity index is 1710. The largest absolute Gasteiger partial charge is 0.495 e. The van der Waals surface area contributed by atoms with Crippen molar-refractivity contribution in [3.8, 4) is 22.6 Å². The summed E-state index contributed by atoms with van der Waals surface area (Å²) in [5.74, 6) is 0.134. The molecule has 0 unspecified atom stereocenters. The molecular formula is C27H20Cl2FN5O3. The zero-order valence-corrected chi connectivity index (χ0v) is 21.8. The lowest BCUT2D eigenvalue weighted by molar-refractivity contribution is -0.114. The maximum atomic E-state index is 14.7. The normalized spacial score (nSPS) is 11.1. The second kappa shape index (κ2) is 10.3. The second-order valence-corrected chi connectivity index (χ2v) is 8.94. The van der Waals surface area contributed by atoms with Crippen LogP contribution in [-0.2, 0) is 11.2 Å². The number of halogens is 3. The number of methoxy groups -OCH3 is 2. The number of imidazole rings is 1. The number of carbonyl (C=O) groups excluding carboxylic acids is 1. The number of nitrogens with zero attached hydrogens (tertiary/aromatic N) is 4. The van der Waals surface area contributed by atoms with Crippen LogP contribution in [0.3, 0.4) is 0 Å². The molecule has 5 rings (SSSR count). The summed E-state index contributed by atoms with van der Waals surface area (Å²) in [4.78, 5) is 25.4. The molecule has 0 atom stereocenters. The maximum Gasteiger partial charge on any atom is 0.229 e. The van der Waals surface area contributed by atoms with E-state index in [4.69, 9.17) is 32.7 Å². The van der Waals surface area contributed by atoms with Crippen LogP contribution in [0.1, 0.15) is 5.56 Å². The summed E-state index contributed by atoms with van der Waals surface area (Å²) in [5, 5.41) is 4.15. The number of fused-ring (bicyclic) bond motifs is 3. The highest BCUT2D eigenvalue weighted by atomic mass is 35.5. The predicted octanol–water partition coefficient (Wildman–Crippen LogP) is 6.45. The predicted molar refractivity (Wildman–Crippen MR) is 145 cm³/mol. The zero-order chi connectivity index (χ0) is 27.0. The number of aromatic nitrogens is 4. The van der Waals surface area contributed by atoms with Crippen LogP contribution in [0.5, 0.6) is 11.5 Å². The van der Waals surface area contributed by atoms with Crippen molar-refractivity contribution in [2.45, 2.75) is 6.42 Å². The van der Waals surface area contributed by atoms with Crippen molar-refractivity contribution in [2.24, 2.45) is 0 Å². The van der Waals surface area contributed by atoms with Crippen molar-refractivity contribution in [3.63, 3.8) is 0 Å². The Kier molecular flexibility index (Phi) is 6.88. The zero-order valence-electron chi connectivity index (χ0n) is 20.3. The summed E-state index contributed by atoms with van der Waals surface area (Å²) in [6.45, 7) is 3.48. The highest BCUT2D eigenvalue weighted by Gasteiger charge is 2.23. The van der Waals surface area contributed by atoms with Gasteiger partial charge in [0, 0.05) is 47.6 Å². The lowest BCUT2D eigenvalue weighted by Gasteiger charge is -2.16. The number of allylic oxidation sites excluding steroid dienone is 1. The number of carbonyl (C=O) groups is 1. The van der Waals surface area contributed by atoms with E-state index in [9.17, 15) is 9.18 Å². The third-order valence-corrected chi connectivity index (χ3v) is 6.73. The van der Waals surface area contributed by atoms with Crippen molar-refractivity contribution in [1.29, 1.82) is 0 Å². The molecule has 0 aliphatic heterocycles. The molecule has 0 aliphatic carbocycles. The van der Waals surface area contributed by atoms with Gasteiger partial charge in [0.25, 0.3) is 0 Å². The first-order valence-corrected chi connectivity index (χ1v) is 12.0. The van der Waals surface area contributed by atoms with Gasteiger partial charge in [-0.1, -0.05) is 41.9 Å². The Morgan fingerprint density at radius 1 is 1.13 bits per heavy atom. The Balaban J connectivity index is 1.66. The van der Waals surface area contributed by atoms with Crippen LogP contribution < -0.4 is 14.8 Å². The van der Waals surface area contributed by atoms with Gasteiger partial charge in [-0.15, -0.1) is 0 Å². The van der Waals surface area contributed by atoms with Crippen molar-refractivity contribution < 1.29 is 18.7 Å². The van der Waals surface area contributed by atoms with E-state index in [1.807, 2.05) is 6.07 Å². The highest BCUT2D eigenvalue weighted by Crippen LogP contribution is 2.47. The number of benzene rings is 2. The Hall–Kier alpha value is -4.21. The number of nitrogens with one attached hydrogen (secondary N) is 1. The lowest BCUT2D eigenvalue weighted by Crippen LogP contribution is -2.07. The molecule has 0 saturated heterocycles.